The normalized spacial score (nSPS) is 11.3. The molecule has 0 fully saturated rings. The number of aromatic nitrogens is 2. The Kier molecular flexibility index (Phi) is 3.32. The van der Waals surface area contributed by atoms with E-state index < -0.39 is 0 Å². The molecular formula is C16H19N3O. The maximum atomic E-state index is 5.67. The summed E-state index contributed by atoms with van der Waals surface area (Å²) in [4.78, 5) is 0. The SMILES string of the molecule is CNCCc1nn(C)c(C)c1-c1coc2ccccc12. The summed E-state index contributed by atoms with van der Waals surface area (Å²) in [6.45, 7) is 3.02. The Morgan fingerprint density at radius 3 is 2.90 bits per heavy atom. The number of hydrogen-bond donors (Lipinski definition) is 1. The quantitative estimate of drug-likeness (QED) is 0.792. The molecule has 20 heavy (non-hydrogen) atoms. The lowest BCUT2D eigenvalue weighted by atomic mass is 10.0. The molecule has 1 N–H and O–H groups in total. The van der Waals surface area contributed by atoms with Crippen molar-refractivity contribution in [3.63, 3.8) is 0 Å². The molecule has 0 unspecified atom stereocenters. The molecule has 3 rings (SSSR count). The fourth-order valence-electron chi connectivity index (χ4n) is 2.62. The first-order valence-corrected chi connectivity index (χ1v) is 6.86. The molecule has 0 bridgehead atoms. The summed E-state index contributed by atoms with van der Waals surface area (Å²) in [5, 5.41) is 8.97. The molecule has 104 valence electrons. The van der Waals surface area contributed by atoms with E-state index in [2.05, 4.69) is 23.4 Å². The van der Waals surface area contributed by atoms with Gasteiger partial charge in [-0.3, -0.25) is 4.68 Å². The Morgan fingerprint density at radius 1 is 1.30 bits per heavy atom. The minimum atomic E-state index is 0.910. The minimum Gasteiger partial charge on any atom is -0.464 e. The monoisotopic (exact) mass is 269 g/mol. The first-order valence-electron chi connectivity index (χ1n) is 6.86. The van der Waals surface area contributed by atoms with Crippen LogP contribution in [0.25, 0.3) is 22.1 Å². The van der Waals surface area contributed by atoms with Crippen molar-refractivity contribution in [3.05, 3.63) is 41.9 Å². The standard InChI is InChI=1S/C16H19N3O/c1-11-16(14(8-9-17-2)18-19(11)3)13-10-20-15-7-5-4-6-12(13)15/h4-7,10,17H,8-9H2,1-3H3. The zero-order chi connectivity index (χ0) is 14.1. The number of para-hydroxylation sites is 1. The predicted octanol–water partition coefficient (Wildman–Crippen LogP) is 2.90. The fourth-order valence-corrected chi connectivity index (χ4v) is 2.62. The molecule has 0 spiro atoms. The van der Waals surface area contributed by atoms with Crippen molar-refractivity contribution in [2.45, 2.75) is 13.3 Å². The van der Waals surface area contributed by atoms with Crippen molar-refractivity contribution in [3.8, 4) is 11.1 Å². The van der Waals surface area contributed by atoms with Gasteiger partial charge < -0.3 is 9.73 Å². The third-order valence-electron chi connectivity index (χ3n) is 3.77. The van der Waals surface area contributed by atoms with Crippen LogP contribution >= 0.6 is 0 Å². The van der Waals surface area contributed by atoms with Crippen LogP contribution in [0.1, 0.15) is 11.4 Å². The number of nitrogens with zero attached hydrogens (tertiary/aromatic N) is 2. The zero-order valence-electron chi connectivity index (χ0n) is 12.1. The van der Waals surface area contributed by atoms with Crippen molar-refractivity contribution in [1.29, 1.82) is 0 Å². The average Bonchev–Trinajstić information content (AvgIpc) is 2.99. The molecule has 0 aliphatic rings. The van der Waals surface area contributed by atoms with Gasteiger partial charge in [0.1, 0.15) is 5.58 Å². The van der Waals surface area contributed by atoms with Gasteiger partial charge in [0.15, 0.2) is 0 Å². The highest BCUT2D eigenvalue weighted by Gasteiger charge is 2.18. The topological polar surface area (TPSA) is 43.0 Å². The second kappa shape index (κ2) is 5.13. The van der Waals surface area contributed by atoms with E-state index in [9.17, 15) is 0 Å². The smallest absolute Gasteiger partial charge is 0.134 e. The van der Waals surface area contributed by atoms with Crippen LogP contribution in [0.4, 0.5) is 0 Å². The van der Waals surface area contributed by atoms with Crippen molar-refractivity contribution in [1.82, 2.24) is 15.1 Å². The molecule has 4 nitrogen and oxygen atoms in total. The van der Waals surface area contributed by atoms with Crippen LogP contribution in [-0.2, 0) is 13.5 Å². The molecule has 3 aromatic rings. The average molecular weight is 269 g/mol. The summed E-state index contributed by atoms with van der Waals surface area (Å²) in [6.07, 6.45) is 2.75. The van der Waals surface area contributed by atoms with Gasteiger partial charge in [0.25, 0.3) is 0 Å². The Morgan fingerprint density at radius 2 is 2.10 bits per heavy atom. The van der Waals surface area contributed by atoms with Crippen LogP contribution in [0.5, 0.6) is 0 Å². The minimum absolute atomic E-state index is 0.910. The van der Waals surface area contributed by atoms with Crippen molar-refractivity contribution >= 4 is 11.0 Å². The number of likely N-dealkylation sites (N-methyl/N-ethyl adjacent to an activating group) is 1. The number of benzene rings is 1. The van der Waals surface area contributed by atoms with Crippen LogP contribution < -0.4 is 5.32 Å². The van der Waals surface area contributed by atoms with E-state index in [-0.39, 0.29) is 0 Å². The maximum Gasteiger partial charge on any atom is 0.134 e. The van der Waals surface area contributed by atoms with Gasteiger partial charge in [-0.2, -0.15) is 5.10 Å². The first kappa shape index (κ1) is 12.9. The third-order valence-corrected chi connectivity index (χ3v) is 3.77. The highest BCUT2D eigenvalue weighted by molar-refractivity contribution is 5.95. The van der Waals surface area contributed by atoms with Gasteiger partial charge in [-0.15, -0.1) is 0 Å². The molecule has 0 atom stereocenters. The van der Waals surface area contributed by atoms with Gasteiger partial charge in [0, 0.05) is 42.2 Å². The molecular weight excluding hydrogens is 250 g/mol. The van der Waals surface area contributed by atoms with Crippen molar-refractivity contribution in [2.75, 3.05) is 13.6 Å². The highest BCUT2D eigenvalue weighted by atomic mass is 16.3. The van der Waals surface area contributed by atoms with E-state index in [1.54, 1.807) is 0 Å². The number of nitrogens with one attached hydrogen (secondary N) is 1. The highest BCUT2D eigenvalue weighted by Crippen LogP contribution is 2.34. The number of hydrogen-bond acceptors (Lipinski definition) is 3. The summed E-state index contributed by atoms with van der Waals surface area (Å²) in [5.41, 5.74) is 5.55. The van der Waals surface area contributed by atoms with Crippen LogP contribution in [0.2, 0.25) is 0 Å². The van der Waals surface area contributed by atoms with E-state index in [1.807, 2.05) is 43.2 Å². The Balaban J connectivity index is 2.18. The van der Waals surface area contributed by atoms with Gasteiger partial charge in [-0.05, 0) is 20.0 Å². The number of furan rings is 1. The lowest BCUT2D eigenvalue weighted by molar-refractivity contribution is 0.617. The molecule has 2 aromatic heterocycles. The maximum absolute atomic E-state index is 5.67. The van der Waals surface area contributed by atoms with Crippen molar-refractivity contribution in [2.24, 2.45) is 7.05 Å². The summed E-state index contributed by atoms with van der Waals surface area (Å²) in [5.74, 6) is 0. The van der Waals surface area contributed by atoms with E-state index in [0.717, 1.165) is 35.2 Å². The Labute approximate surface area is 118 Å². The van der Waals surface area contributed by atoms with Crippen LogP contribution in [0.15, 0.2) is 34.9 Å². The molecule has 2 heterocycles. The van der Waals surface area contributed by atoms with Gasteiger partial charge >= 0.3 is 0 Å². The van der Waals surface area contributed by atoms with Crippen LogP contribution in [-0.4, -0.2) is 23.4 Å². The van der Waals surface area contributed by atoms with Crippen molar-refractivity contribution < 1.29 is 4.42 Å². The fraction of sp³-hybridized carbons (Fsp3) is 0.312. The molecule has 4 heteroatoms. The number of aryl methyl sites for hydroxylation is 1. The molecule has 0 amide bonds. The Hall–Kier alpha value is -2.07. The molecule has 0 aliphatic heterocycles. The number of fused-ring (bicyclic) bond motifs is 1. The zero-order valence-corrected chi connectivity index (χ0v) is 12.1. The Bertz CT molecular complexity index is 739. The van der Waals surface area contributed by atoms with E-state index in [4.69, 9.17) is 4.42 Å². The molecule has 0 saturated carbocycles. The molecule has 0 saturated heterocycles. The largest absolute Gasteiger partial charge is 0.464 e. The van der Waals surface area contributed by atoms with E-state index in [1.165, 1.54) is 11.3 Å². The lowest BCUT2D eigenvalue weighted by Crippen LogP contribution is -2.11. The molecule has 1 aromatic carbocycles. The summed E-state index contributed by atoms with van der Waals surface area (Å²) < 4.78 is 7.62. The van der Waals surface area contributed by atoms with Gasteiger partial charge in [-0.1, -0.05) is 18.2 Å². The van der Waals surface area contributed by atoms with Gasteiger partial charge in [0.05, 0.1) is 12.0 Å². The van der Waals surface area contributed by atoms with Crippen LogP contribution in [0, 0.1) is 6.92 Å². The second-order valence-electron chi connectivity index (χ2n) is 5.03. The summed E-state index contributed by atoms with van der Waals surface area (Å²) in [6, 6.07) is 8.13. The summed E-state index contributed by atoms with van der Waals surface area (Å²) in [7, 11) is 3.95. The van der Waals surface area contributed by atoms with E-state index in [0.29, 0.717) is 0 Å². The van der Waals surface area contributed by atoms with Gasteiger partial charge in [0.2, 0.25) is 0 Å². The second-order valence-corrected chi connectivity index (χ2v) is 5.03. The first-order chi connectivity index (χ1) is 9.72. The van der Waals surface area contributed by atoms with Crippen LogP contribution in [0.3, 0.4) is 0 Å². The molecule has 0 aliphatic carbocycles. The summed E-state index contributed by atoms with van der Waals surface area (Å²) >= 11 is 0. The van der Waals surface area contributed by atoms with Gasteiger partial charge in [-0.25, -0.2) is 0 Å². The molecule has 0 radical (unpaired) electrons. The number of rotatable bonds is 4. The lowest BCUT2D eigenvalue weighted by Gasteiger charge is -2.02. The van der Waals surface area contributed by atoms with E-state index >= 15 is 0 Å². The predicted molar refractivity (Wildman–Crippen MR) is 80.8 cm³/mol. The third kappa shape index (κ3) is 2.02.